The lowest BCUT2D eigenvalue weighted by atomic mass is 9.99. The van der Waals surface area contributed by atoms with Crippen LogP contribution in [0.25, 0.3) is 0 Å². The van der Waals surface area contributed by atoms with Crippen molar-refractivity contribution in [1.82, 2.24) is 10.2 Å². The number of nitrogens with one attached hydrogen (secondary N) is 1. The zero-order valence-corrected chi connectivity index (χ0v) is 12.3. The highest BCUT2D eigenvalue weighted by Gasteiger charge is 2.41. The van der Waals surface area contributed by atoms with Crippen molar-refractivity contribution >= 4 is 17.2 Å². The minimum atomic E-state index is -0.0808. The topological polar surface area (TPSA) is 32.3 Å². The molecular weight excluding hydrogens is 244 g/mol. The van der Waals surface area contributed by atoms with Gasteiger partial charge in [0.1, 0.15) is 6.17 Å². The molecule has 2 heterocycles. The van der Waals surface area contributed by atoms with Gasteiger partial charge < -0.3 is 4.90 Å². The van der Waals surface area contributed by atoms with Crippen LogP contribution in [0, 0.1) is 5.92 Å². The highest BCUT2D eigenvalue weighted by atomic mass is 32.1. The van der Waals surface area contributed by atoms with Crippen molar-refractivity contribution in [3.05, 3.63) is 22.4 Å². The SMILES string of the molecule is CCC(C(C)C)N1C(=O)C(C)NC1c1ccsc1. The van der Waals surface area contributed by atoms with Gasteiger partial charge in [0.05, 0.1) is 6.04 Å². The zero-order chi connectivity index (χ0) is 13.3. The summed E-state index contributed by atoms with van der Waals surface area (Å²) >= 11 is 1.68. The monoisotopic (exact) mass is 266 g/mol. The first-order chi connectivity index (χ1) is 8.56. The second-order valence-electron chi connectivity index (χ2n) is 5.31. The molecule has 0 spiro atoms. The van der Waals surface area contributed by atoms with E-state index in [1.165, 1.54) is 5.56 Å². The van der Waals surface area contributed by atoms with Gasteiger partial charge in [-0.25, -0.2) is 0 Å². The second kappa shape index (κ2) is 5.41. The molecule has 1 aliphatic rings. The van der Waals surface area contributed by atoms with E-state index in [9.17, 15) is 4.79 Å². The van der Waals surface area contributed by atoms with E-state index < -0.39 is 0 Å². The standard InChI is InChI=1S/C14H22N2OS/c1-5-12(9(2)3)16-13(11-6-7-18-8-11)15-10(4)14(16)17/h6-10,12-13,15H,5H2,1-4H3. The summed E-state index contributed by atoms with van der Waals surface area (Å²) in [6.07, 6.45) is 1.05. The van der Waals surface area contributed by atoms with Gasteiger partial charge in [-0.15, -0.1) is 0 Å². The van der Waals surface area contributed by atoms with E-state index in [-0.39, 0.29) is 18.1 Å². The molecule has 0 bridgehead atoms. The van der Waals surface area contributed by atoms with Gasteiger partial charge in [0, 0.05) is 6.04 Å². The molecule has 1 aromatic heterocycles. The van der Waals surface area contributed by atoms with Crippen LogP contribution in [0.5, 0.6) is 0 Å². The molecule has 4 heteroatoms. The number of amides is 1. The van der Waals surface area contributed by atoms with Gasteiger partial charge >= 0.3 is 0 Å². The highest BCUT2D eigenvalue weighted by Crippen LogP contribution is 2.32. The van der Waals surface area contributed by atoms with Crippen LogP contribution in [-0.2, 0) is 4.79 Å². The number of hydrogen-bond donors (Lipinski definition) is 1. The average Bonchev–Trinajstić information content (AvgIpc) is 2.92. The summed E-state index contributed by atoms with van der Waals surface area (Å²) in [4.78, 5) is 14.4. The molecule has 1 amide bonds. The van der Waals surface area contributed by atoms with Crippen LogP contribution in [0.15, 0.2) is 16.8 Å². The van der Waals surface area contributed by atoms with Crippen LogP contribution in [0.4, 0.5) is 0 Å². The maximum absolute atomic E-state index is 12.4. The maximum atomic E-state index is 12.4. The Labute approximate surface area is 113 Å². The summed E-state index contributed by atoms with van der Waals surface area (Å²) in [5.41, 5.74) is 1.21. The molecule has 1 aliphatic heterocycles. The molecule has 1 fully saturated rings. The van der Waals surface area contributed by atoms with Crippen LogP contribution in [0.3, 0.4) is 0 Å². The molecule has 100 valence electrons. The van der Waals surface area contributed by atoms with Gasteiger partial charge in [-0.3, -0.25) is 10.1 Å². The molecule has 1 N–H and O–H groups in total. The summed E-state index contributed by atoms with van der Waals surface area (Å²) in [5.74, 6) is 0.707. The third-order valence-electron chi connectivity index (χ3n) is 3.71. The normalized spacial score (nSPS) is 26.1. The summed E-state index contributed by atoms with van der Waals surface area (Å²) in [5, 5.41) is 7.61. The number of carbonyl (C=O) groups is 1. The Bertz CT molecular complexity index is 402. The molecule has 0 aliphatic carbocycles. The maximum Gasteiger partial charge on any atom is 0.241 e. The van der Waals surface area contributed by atoms with Gasteiger partial charge in [0.2, 0.25) is 5.91 Å². The van der Waals surface area contributed by atoms with Crippen LogP contribution in [0.1, 0.15) is 45.8 Å². The molecule has 1 saturated heterocycles. The summed E-state index contributed by atoms with van der Waals surface area (Å²) < 4.78 is 0. The molecule has 0 saturated carbocycles. The molecule has 2 rings (SSSR count). The Hall–Kier alpha value is -0.870. The van der Waals surface area contributed by atoms with Crippen molar-refractivity contribution in [3.63, 3.8) is 0 Å². The summed E-state index contributed by atoms with van der Waals surface area (Å²) in [7, 11) is 0. The molecule has 18 heavy (non-hydrogen) atoms. The van der Waals surface area contributed by atoms with Crippen molar-refractivity contribution in [1.29, 1.82) is 0 Å². The van der Waals surface area contributed by atoms with E-state index in [4.69, 9.17) is 0 Å². The van der Waals surface area contributed by atoms with Gasteiger partial charge in [-0.1, -0.05) is 20.8 Å². The minimum Gasteiger partial charge on any atom is -0.318 e. The summed E-state index contributed by atoms with van der Waals surface area (Å²) in [6.45, 7) is 8.49. The van der Waals surface area contributed by atoms with Gasteiger partial charge in [0.15, 0.2) is 0 Å². The number of rotatable bonds is 4. The Morgan fingerprint density at radius 2 is 2.22 bits per heavy atom. The molecule has 3 nitrogen and oxygen atoms in total. The summed E-state index contributed by atoms with van der Waals surface area (Å²) in [6, 6.07) is 2.33. The number of hydrogen-bond acceptors (Lipinski definition) is 3. The van der Waals surface area contributed by atoms with E-state index in [0.29, 0.717) is 12.0 Å². The van der Waals surface area contributed by atoms with Gasteiger partial charge in [0.25, 0.3) is 0 Å². The zero-order valence-electron chi connectivity index (χ0n) is 11.5. The number of thiophene rings is 1. The van der Waals surface area contributed by atoms with Crippen molar-refractivity contribution in [2.24, 2.45) is 5.92 Å². The first-order valence-corrected chi connectivity index (χ1v) is 7.60. The van der Waals surface area contributed by atoms with E-state index in [1.54, 1.807) is 11.3 Å². The van der Waals surface area contributed by atoms with Crippen LogP contribution in [-0.4, -0.2) is 22.9 Å². The first kappa shape index (κ1) is 13.6. The average molecular weight is 266 g/mol. The van der Waals surface area contributed by atoms with Crippen LogP contribution >= 0.6 is 11.3 Å². The van der Waals surface area contributed by atoms with Crippen molar-refractivity contribution in [2.45, 2.75) is 52.4 Å². The fourth-order valence-electron chi connectivity index (χ4n) is 2.77. The van der Waals surface area contributed by atoms with E-state index in [0.717, 1.165) is 6.42 Å². The van der Waals surface area contributed by atoms with E-state index in [2.05, 4.69) is 47.8 Å². The van der Waals surface area contributed by atoms with Crippen LogP contribution in [0.2, 0.25) is 0 Å². The number of carbonyl (C=O) groups excluding carboxylic acids is 1. The van der Waals surface area contributed by atoms with Crippen LogP contribution < -0.4 is 5.32 Å². The lowest BCUT2D eigenvalue weighted by molar-refractivity contribution is -0.133. The highest BCUT2D eigenvalue weighted by molar-refractivity contribution is 7.07. The first-order valence-electron chi connectivity index (χ1n) is 6.66. The van der Waals surface area contributed by atoms with E-state index >= 15 is 0 Å². The molecule has 0 radical (unpaired) electrons. The van der Waals surface area contributed by atoms with Crippen molar-refractivity contribution in [2.75, 3.05) is 0 Å². The van der Waals surface area contributed by atoms with Gasteiger partial charge in [-0.05, 0) is 41.7 Å². The Morgan fingerprint density at radius 1 is 1.50 bits per heavy atom. The third-order valence-corrected chi connectivity index (χ3v) is 4.42. The predicted octanol–water partition coefficient (Wildman–Crippen LogP) is 3.00. The largest absolute Gasteiger partial charge is 0.318 e. The predicted molar refractivity (Wildman–Crippen MR) is 75.4 cm³/mol. The fraction of sp³-hybridized carbons (Fsp3) is 0.643. The second-order valence-corrected chi connectivity index (χ2v) is 6.09. The number of nitrogens with zero attached hydrogens (tertiary/aromatic N) is 1. The molecule has 3 unspecified atom stereocenters. The van der Waals surface area contributed by atoms with Crippen molar-refractivity contribution in [3.8, 4) is 0 Å². The molecule has 3 atom stereocenters. The molecular formula is C14H22N2OS. The molecule has 0 aromatic carbocycles. The van der Waals surface area contributed by atoms with E-state index in [1.807, 2.05) is 6.92 Å². The van der Waals surface area contributed by atoms with Crippen molar-refractivity contribution < 1.29 is 4.79 Å². The van der Waals surface area contributed by atoms with Gasteiger partial charge in [-0.2, -0.15) is 11.3 Å². The third kappa shape index (κ3) is 2.31. The fourth-order valence-corrected chi connectivity index (χ4v) is 3.45. The quantitative estimate of drug-likeness (QED) is 0.908. The Morgan fingerprint density at radius 3 is 2.72 bits per heavy atom. The lowest BCUT2D eigenvalue weighted by Gasteiger charge is -2.34. The molecule has 1 aromatic rings. The smallest absolute Gasteiger partial charge is 0.241 e. The lowest BCUT2D eigenvalue weighted by Crippen LogP contribution is -2.42. The minimum absolute atomic E-state index is 0.0473. The Balaban J connectivity index is 2.31. The Kier molecular flexibility index (Phi) is 4.07.